The molecule has 8 heteroatoms. The van der Waals surface area contributed by atoms with Gasteiger partial charge in [0, 0.05) is 20.1 Å². The molecule has 0 radical (unpaired) electrons. The molecule has 2 atom stereocenters. The number of carbonyl (C=O) groups is 3. The van der Waals surface area contributed by atoms with E-state index < -0.39 is 24.0 Å². The minimum absolute atomic E-state index is 0.106. The number of ether oxygens (including phenoxy) is 2. The maximum Gasteiger partial charge on any atom is 0.336 e. The van der Waals surface area contributed by atoms with Crippen LogP contribution in [0.25, 0.3) is 0 Å². The Morgan fingerprint density at radius 1 is 1.50 bits per heavy atom. The number of esters is 1. The van der Waals surface area contributed by atoms with Gasteiger partial charge >= 0.3 is 18.0 Å². The minimum atomic E-state index is -0.959. The SMILES string of the molecule is COC(=O)C1CN(C(=O)N(C)CC(C)C(=O)O)CCO1. The molecule has 2 unspecified atom stereocenters. The molecule has 20 heavy (non-hydrogen) atoms. The van der Waals surface area contributed by atoms with Crippen LogP contribution in [0.3, 0.4) is 0 Å². The summed E-state index contributed by atoms with van der Waals surface area (Å²) in [5.74, 6) is -2.13. The zero-order chi connectivity index (χ0) is 15.3. The lowest BCUT2D eigenvalue weighted by atomic mass is 10.2. The van der Waals surface area contributed by atoms with Crippen molar-refractivity contribution in [3.63, 3.8) is 0 Å². The summed E-state index contributed by atoms with van der Waals surface area (Å²) >= 11 is 0. The van der Waals surface area contributed by atoms with E-state index in [1.165, 1.54) is 30.9 Å². The van der Waals surface area contributed by atoms with Gasteiger partial charge in [0.1, 0.15) is 0 Å². The lowest BCUT2D eigenvalue weighted by Gasteiger charge is -2.34. The fourth-order valence-corrected chi connectivity index (χ4v) is 1.91. The third-order valence-corrected chi connectivity index (χ3v) is 3.10. The van der Waals surface area contributed by atoms with E-state index in [9.17, 15) is 14.4 Å². The highest BCUT2D eigenvalue weighted by molar-refractivity contribution is 5.79. The van der Waals surface area contributed by atoms with Gasteiger partial charge in [-0.3, -0.25) is 4.79 Å². The Morgan fingerprint density at radius 2 is 2.15 bits per heavy atom. The van der Waals surface area contributed by atoms with Gasteiger partial charge in [-0.15, -0.1) is 0 Å². The Labute approximate surface area is 117 Å². The van der Waals surface area contributed by atoms with Crippen LogP contribution < -0.4 is 0 Å². The average Bonchev–Trinajstić information content (AvgIpc) is 2.45. The van der Waals surface area contributed by atoms with Crippen LogP contribution in [-0.2, 0) is 19.1 Å². The van der Waals surface area contributed by atoms with Gasteiger partial charge in [0.2, 0.25) is 0 Å². The second kappa shape index (κ2) is 7.09. The quantitative estimate of drug-likeness (QED) is 0.709. The van der Waals surface area contributed by atoms with E-state index in [1.54, 1.807) is 0 Å². The van der Waals surface area contributed by atoms with E-state index in [-0.39, 0.29) is 25.7 Å². The van der Waals surface area contributed by atoms with Gasteiger partial charge in [-0.2, -0.15) is 0 Å². The lowest BCUT2D eigenvalue weighted by molar-refractivity contribution is -0.158. The third-order valence-electron chi connectivity index (χ3n) is 3.10. The number of nitrogens with zero attached hydrogens (tertiary/aromatic N) is 2. The number of hydrogen-bond acceptors (Lipinski definition) is 5. The van der Waals surface area contributed by atoms with E-state index in [4.69, 9.17) is 9.84 Å². The molecule has 1 saturated heterocycles. The summed E-state index contributed by atoms with van der Waals surface area (Å²) in [5, 5.41) is 8.84. The second-order valence-electron chi connectivity index (χ2n) is 4.73. The number of morpholine rings is 1. The number of rotatable bonds is 4. The Bertz CT molecular complexity index is 386. The van der Waals surface area contributed by atoms with Gasteiger partial charge in [0.15, 0.2) is 6.10 Å². The molecule has 1 fully saturated rings. The van der Waals surface area contributed by atoms with Crippen LogP contribution in [0.5, 0.6) is 0 Å². The molecule has 0 aromatic carbocycles. The normalized spacial score (nSPS) is 20.1. The summed E-state index contributed by atoms with van der Waals surface area (Å²) in [6.07, 6.45) is -0.789. The highest BCUT2D eigenvalue weighted by Crippen LogP contribution is 2.10. The standard InChI is InChI=1S/C12H20N2O6/c1-8(10(15)16)6-13(2)12(18)14-4-5-20-9(7-14)11(17)19-3/h8-9H,4-7H2,1-3H3,(H,15,16). The van der Waals surface area contributed by atoms with Crippen molar-refractivity contribution < 1.29 is 29.0 Å². The minimum Gasteiger partial charge on any atom is -0.481 e. The predicted octanol–water partition coefficient (Wildman–Crippen LogP) is -0.367. The van der Waals surface area contributed by atoms with Gasteiger partial charge < -0.3 is 24.4 Å². The van der Waals surface area contributed by atoms with Gasteiger partial charge in [0.25, 0.3) is 0 Å². The molecule has 1 aliphatic rings. The molecule has 0 aromatic rings. The lowest BCUT2D eigenvalue weighted by Crippen LogP contribution is -2.53. The van der Waals surface area contributed by atoms with Gasteiger partial charge in [0.05, 0.1) is 26.2 Å². The number of aliphatic carboxylic acids is 1. The molecule has 8 nitrogen and oxygen atoms in total. The first-order valence-corrected chi connectivity index (χ1v) is 6.29. The maximum absolute atomic E-state index is 12.2. The summed E-state index contributed by atoms with van der Waals surface area (Å²) in [7, 11) is 2.79. The van der Waals surface area contributed by atoms with Crippen molar-refractivity contribution in [2.75, 3.05) is 40.4 Å². The Kier molecular flexibility index (Phi) is 5.75. The van der Waals surface area contributed by atoms with Crippen molar-refractivity contribution in [1.29, 1.82) is 0 Å². The van der Waals surface area contributed by atoms with Crippen LogP contribution in [0.1, 0.15) is 6.92 Å². The monoisotopic (exact) mass is 288 g/mol. The highest BCUT2D eigenvalue weighted by Gasteiger charge is 2.31. The molecule has 0 spiro atoms. The molecule has 1 rings (SSSR count). The van der Waals surface area contributed by atoms with Crippen LogP contribution >= 0.6 is 0 Å². The van der Waals surface area contributed by atoms with Crippen molar-refractivity contribution in [3.05, 3.63) is 0 Å². The van der Waals surface area contributed by atoms with E-state index >= 15 is 0 Å². The van der Waals surface area contributed by atoms with Crippen LogP contribution in [0.2, 0.25) is 0 Å². The molecule has 2 amide bonds. The Balaban J connectivity index is 2.57. The molecule has 1 N–H and O–H groups in total. The van der Waals surface area contributed by atoms with Gasteiger partial charge in [-0.05, 0) is 0 Å². The second-order valence-corrected chi connectivity index (χ2v) is 4.73. The first-order chi connectivity index (χ1) is 9.36. The number of urea groups is 1. The Morgan fingerprint density at radius 3 is 2.70 bits per heavy atom. The van der Waals surface area contributed by atoms with Crippen LogP contribution in [-0.4, -0.2) is 79.4 Å². The number of carbonyl (C=O) groups excluding carboxylic acids is 2. The summed E-state index contributed by atoms with van der Waals surface area (Å²) < 4.78 is 9.81. The molecule has 0 aliphatic carbocycles. The molecule has 0 bridgehead atoms. The zero-order valence-corrected chi connectivity index (χ0v) is 11.9. The van der Waals surface area contributed by atoms with Crippen molar-refractivity contribution >= 4 is 18.0 Å². The van der Waals surface area contributed by atoms with Gasteiger partial charge in [-0.25, -0.2) is 9.59 Å². The molecule has 1 heterocycles. The summed E-state index contributed by atoms with van der Waals surface area (Å²) in [6.45, 7) is 2.35. The number of amides is 2. The maximum atomic E-state index is 12.2. The van der Waals surface area contributed by atoms with Crippen molar-refractivity contribution in [1.82, 2.24) is 9.80 Å². The largest absolute Gasteiger partial charge is 0.481 e. The summed E-state index contributed by atoms with van der Waals surface area (Å²) in [6, 6.07) is -0.324. The number of carboxylic acids is 1. The predicted molar refractivity (Wildman–Crippen MR) is 68.2 cm³/mol. The van der Waals surface area contributed by atoms with Crippen LogP contribution in [0, 0.1) is 5.92 Å². The summed E-state index contributed by atoms with van der Waals surface area (Å²) in [5.41, 5.74) is 0. The van der Waals surface area contributed by atoms with E-state index in [0.29, 0.717) is 6.54 Å². The topological polar surface area (TPSA) is 96.4 Å². The van der Waals surface area contributed by atoms with E-state index in [2.05, 4.69) is 4.74 Å². The first kappa shape index (κ1) is 16.2. The third kappa shape index (κ3) is 4.09. The fraction of sp³-hybridized carbons (Fsp3) is 0.750. The van der Waals surface area contributed by atoms with Crippen molar-refractivity contribution in [2.24, 2.45) is 5.92 Å². The van der Waals surface area contributed by atoms with E-state index in [1.807, 2.05) is 0 Å². The molecule has 0 aromatic heterocycles. The average molecular weight is 288 g/mol. The van der Waals surface area contributed by atoms with Crippen molar-refractivity contribution in [2.45, 2.75) is 13.0 Å². The molecule has 0 saturated carbocycles. The molecular weight excluding hydrogens is 268 g/mol. The molecule has 114 valence electrons. The summed E-state index contributed by atoms with van der Waals surface area (Å²) in [4.78, 5) is 37.1. The molecular formula is C12H20N2O6. The fourth-order valence-electron chi connectivity index (χ4n) is 1.91. The molecule has 1 aliphatic heterocycles. The van der Waals surface area contributed by atoms with E-state index in [0.717, 1.165) is 0 Å². The number of hydrogen-bond donors (Lipinski definition) is 1. The number of carboxylic acid groups (broad SMARTS) is 1. The van der Waals surface area contributed by atoms with Gasteiger partial charge in [-0.1, -0.05) is 6.92 Å². The zero-order valence-electron chi connectivity index (χ0n) is 11.9. The Hall–Kier alpha value is -1.83. The number of methoxy groups -OCH3 is 1. The highest BCUT2D eigenvalue weighted by atomic mass is 16.6. The smallest absolute Gasteiger partial charge is 0.336 e. The van der Waals surface area contributed by atoms with Crippen LogP contribution in [0.15, 0.2) is 0 Å². The first-order valence-electron chi connectivity index (χ1n) is 6.29. The van der Waals surface area contributed by atoms with Crippen LogP contribution in [0.4, 0.5) is 4.79 Å². The van der Waals surface area contributed by atoms with Crippen molar-refractivity contribution in [3.8, 4) is 0 Å².